The molecule has 96 valence electrons. The molecule has 3 nitrogen and oxygen atoms in total. The third kappa shape index (κ3) is 3.75. The summed E-state index contributed by atoms with van der Waals surface area (Å²) in [4.78, 5) is 6.50. The monoisotopic (exact) mass is 243 g/mol. The highest BCUT2D eigenvalue weighted by atomic mass is 15.1. The van der Waals surface area contributed by atoms with Crippen LogP contribution in [0.4, 0.5) is 5.69 Å². The van der Waals surface area contributed by atoms with E-state index < -0.39 is 0 Å². The predicted molar refractivity (Wildman–Crippen MR) is 75.5 cm³/mol. The molecule has 1 N–H and O–H groups in total. The van der Waals surface area contributed by atoms with E-state index >= 15 is 0 Å². The molecule has 1 aromatic rings. The highest BCUT2D eigenvalue weighted by molar-refractivity contribution is 5.44. The summed E-state index contributed by atoms with van der Waals surface area (Å²) in [5.74, 6) is 6.02. The van der Waals surface area contributed by atoms with E-state index in [0.717, 1.165) is 26.1 Å². The molecule has 18 heavy (non-hydrogen) atoms. The number of nitrogens with one attached hydrogen (secondary N) is 1. The molecule has 0 saturated carbocycles. The topological polar surface area (TPSA) is 28.2 Å². The van der Waals surface area contributed by atoms with Crippen molar-refractivity contribution in [2.24, 2.45) is 0 Å². The summed E-state index contributed by atoms with van der Waals surface area (Å²) in [6.07, 6.45) is 7.11. The minimum atomic E-state index is 0.654. The minimum absolute atomic E-state index is 0.654. The lowest BCUT2D eigenvalue weighted by Crippen LogP contribution is -2.42. The van der Waals surface area contributed by atoms with Gasteiger partial charge in [0, 0.05) is 50.2 Å². The Kier molecular flexibility index (Phi) is 5.04. The second kappa shape index (κ2) is 7.03. The Balaban J connectivity index is 1.72. The molecule has 1 aromatic heterocycles. The molecule has 0 radical (unpaired) electrons. The number of anilines is 1. The van der Waals surface area contributed by atoms with E-state index in [1.807, 2.05) is 19.3 Å². The van der Waals surface area contributed by atoms with E-state index in [2.05, 4.69) is 39.2 Å². The van der Waals surface area contributed by atoms with Crippen LogP contribution in [0.1, 0.15) is 26.2 Å². The van der Waals surface area contributed by atoms with E-state index in [0.29, 0.717) is 6.04 Å². The molecule has 0 unspecified atom stereocenters. The first-order valence-electron chi connectivity index (χ1n) is 6.68. The Hall–Kier alpha value is -1.53. The van der Waals surface area contributed by atoms with Crippen molar-refractivity contribution < 1.29 is 0 Å². The van der Waals surface area contributed by atoms with Crippen molar-refractivity contribution in [1.29, 1.82) is 0 Å². The van der Waals surface area contributed by atoms with Gasteiger partial charge in [-0.3, -0.25) is 4.98 Å². The molecule has 0 spiro atoms. The number of aromatic nitrogens is 1. The summed E-state index contributed by atoms with van der Waals surface area (Å²) in [7, 11) is 0. The third-order valence-electron chi connectivity index (χ3n) is 3.38. The Morgan fingerprint density at radius 2 is 2.06 bits per heavy atom. The predicted octanol–water partition coefficient (Wildman–Crippen LogP) is 2.05. The first-order valence-corrected chi connectivity index (χ1v) is 6.68. The lowest BCUT2D eigenvalue weighted by atomic mass is 10.0. The van der Waals surface area contributed by atoms with E-state index in [1.165, 1.54) is 18.5 Å². The molecular weight excluding hydrogens is 222 g/mol. The number of nitrogens with zero attached hydrogens (tertiary/aromatic N) is 2. The van der Waals surface area contributed by atoms with Gasteiger partial charge in [0.1, 0.15) is 0 Å². The SMILES string of the molecule is CC#CCCNC1CCN(c2ccncc2)CC1. The van der Waals surface area contributed by atoms with Crippen molar-refractivity contribution in [2.75, 3.05) is 24.5 Å². The third-order valence-corrected chi connectivity index (χ3v) is 3.38. The molecule has 0 atom stereocenters. The summed E-state index contributed by atoms with van der Waals surface area (Å²) < 4.78 is 0. The van der Waals surface area contributed by atoms with E-state index in [9.17, 15) is 0 Å². The van der Waals surface area contributed by atoms with Crippen LogP contribution in [0.3, 0.4) is 0 Å². The van der Waals surface area contributed by atoms with Gasteiger partial charge >= 0.3 is 0 Å². The summed E-state index contributed by atoms with van der Waals surface area (Å²) in [6, 6.07) is 4.83. The summed E-state index contributed by atoms with van der Waals surface area (Å²) in [5.41, 5.74) is 1.29. The lowest BCUT2D eigenvalue weighted by Gasteiger charge is -2.33. The van der Waals surface area contributed by atoms with Crippen LogP contribution >= 0.6 is 0 Å². The fraction of sp³-hybridized carbons (Fsp3) is 0.533. The van der Waals surface area contributed by atoms with Gasteiger partial charge in [-0.25, -0.2) is 0 Å². The second-order valence-electron chi connectivity index (χ2n) is 4.60. The number of hydrogen-bond donors (Lipinski definition) is 1. The first kappa shape index (κ1) is 12.9. The smallest absolute Gasteiger partial charge is 0.0397 e. The van der Waals surface area contributed by atoms with Gasteiger partial charge in [0.25, 0.3) is 0 Å². The summed E-state index contributed by atoms with van der Waals surface area (Å²) in [5, 5.41) is 3.59. The average molecular weight is 243 g/mol. The number of rotatable bonds is 4. The summed E-state index contributed by atoms with van der Waals surface area (Å²) >= 11 is 0. The lowest BCUT2D eigenvalue weighted by molar-refractivity contribution is 0.419. The number of piperidine rings is 1. The summed E-state index contributed by atoms with van der Waals surface area (Å²) in [6.45, 7) is 5.16. The van der Waals surface area contributed by atoms with E-state index in [-0.39, 0.29) is 0 Å². The Bertz CT molecular complexity index is 397. The van der Waals surface area contributed by atoms with E-state index in [1.54, 1.807) is 0 Å². The van der Waals surface area contributed by atoms with Crippen LogP contribution < -0.4 is 10.2 Å². The molecule has 1 fully saturated rings. The van der Waals surface area contributed by atoms with Crippen LogP contribution in [0.15, 0.2) is 24.5 Å². The van der Waals surface area contributed by atoms with Gasteiger partial charge < -0.3 is 10.2 Å². The first-order chi connectivity index (χ1) is 8.90. The maximum atomic E-state index is 4.06. The van der Waals surface area contributed by atoms with Gasteiger partial charge in [-0.15, -0.1) is 11.8 Å². The molecule has 1 aliphatic heterocycles. The van der Waals surface area contributed by atoms with Crippen LogP contribution in [-0.2, 0) is 0 Å². The average Bonchev–Trinajstić information content (AvgIpc) is 2.45. The normalized spacial score (nSPS) is 16.2. The molecule has 0 amide bonds. The fourth-order valence-corrected chi connectivity index (χ4v) is 2.36. The molecule has 1 aliphatic rings. The van der Waals surface area contributed by atoms with Crippen LogP contribution in [0, 0.1) is 11.8 Å². The van der Waals surface area contributed by atoms with Gasteiger partial charge in [-0.2, -0.15) is 0 Å². The van der Waals surface area contributed by atoms with Crippen molar-refractivity contribution in [3.8, 4) is 11.8 Å². The van der Waals surface area contributed by atoms with Crippen molar-refractivity contribution in [3.05, 3.63) is 24.5 Å². The Labute approximate surface area is 110 Å². The van der Waals surface area contributed by atoms with Crippen LogP contribution in [-0.4, -0.2) is 30.7 Å². The standard InChI is InChI=1S/C15H21N3/c1-2-3-4-9-17-14-7-12-18(13-8-14)15-5-10-16-11-6-15/h5-6,10-11,14,17H,4,7-9,12-13H2,1H3. The molecule has 1 saturated heterocycles. The van der Waals surface area contributed by atoms with Gasteiger partial charge in [-0.1, -0.05) is 0 Å². The highest BCUT2D eigenvalue weighted by Crippen LogP contribution is 2.18. The van der Waals surface area contributed by atoms with Crippen LogP contribution in [0.2, 0.25) is 0 Å². The largest absolute Gasteiger partial charge is 0.371 e. The quantitative estimate of drug-likeness (QED) is 0.648. The zero-order valence-electron chi connectivity index (χ0n) is 11.0. The second-order valence-corrected chi connectivity index (χ2v) is 4.60. The molecule has 0 aliphatic carbocycles. The Morgan fingerprint density at radius 3 is 2.72 bits per heavy atom. The molecule has 0 aromatic carbocycles. The van der Waals surface area contributed by atoms with Crippen molar-refractivity contribution >= 4 is 5.69 Å². The Morgan fingerprint density at radius 1 is 1.33 bits per heavy atom. The zero-order chi connectivity index (χ0) is 12.6. The molecular formula is C15H21N3. The maximum absolute atomic E-state index is 4.06. The van der Waals surface area contributed by atoms with E-state index in [4.69, 9.17) is 0 Å². The van der Waals surface area contributed by atoms with Crippen molar-refractivity contribution in [3.63, 3.8) is 0 Å². The maximum Gasteiger partial charge on any atom is 0.0397 e. The molecule has 3 heteroatoms. The molecule has 0 bridgehead atoms. The van der Waals surface area contributed by atoms with Gasteiger partial charge in [0.15, 0.2) is 0 Å². The number of pyridine rings is 1. The number of hydrogen-bond acceptors (Lipinski definition) is 3. The zero-order valence-corrected chi connectivity index (χ0v) is 11.0. The molecule has 2 heterocycles. The van der Waals surface area contributed by atoms with Gasteiger partial charge in [0.2, 0.25) is 0 Å². The highest BCUT2D eigenvalue weighted by Gasteiger charge is 2.18. The van der Waals surface area contributed by atoms with Gasteiger partial charge in [0.05, 0.1) is 0 Å². The van der Waals surface area contributed by atoms with Gasteiger partial charge in [-0.05, 0) is 31.9 Å². The van der Waals surface area contributed by atoms with Crippen LogP contribution in [0.25, 0.3) is 0 Å². The fourth-order valence-electron chi connectivity index (χ4n) is 2.36. The minimum Gasteiger partial charge on any atom is -0.371 e. The van der Waals surface area contributed by atoms with Crippen molar-refractivity contribution in [2.45, 2.75) is 32.2 Å². The molecule has 2 rings (SSSR count). The van der Waals surface area contributed by atoms with Crippen LogP contribution in [0.5, 0.6) is 0 Å². The van der Waals surface area contributed by atoms with Crippen molar-refractivity contribution in [1.82, 2.24) is 10.3 Å².